The first-order chi connectivity index (χ1) is 4.95. The molecule has 0 aliphatic rings. The van der Waals surface area contributed by atoms with Gasteiger partial charge in [0.15, 0.2) is 0 Å². The van der Waals surface area contributed by atoms with Crippen LogP contribution in [0.5, 0.6) is 0 Å². The minimum atomic E-state index is -4.08. The summed E-state index contributed by atoms with van der Waals surface area (Å²) in [7, 11) is 0. The van der Waals surface area contributed by atoms with Gasteiger partial charge in [-0.3, -0.25) is 0 Å². The van der Waals surface area contributed by atoms with Crippen LogP contribution in [0.3, 0.4) is 0 Å². The van der Waals surface area contributed by atoms with E-state index in [1.54, 1.807) is 0 Å². The zero-order chi connectivity index (χ0) is 8.91. The largest absolute Gasteiger partial charge is 0.401 e. The van der Waals surface area contributed by atoms with Crippen LogP contribution < -0.4 is 5.32 Å². The van der Waals surface area contributed by atoms with Gasteiger partial charge in [-0.2, -0.15) is 13.2 Å². The molecule has 0 amide bonds. The first kappa shape index (κ1) is 10.8. The summed E-state index contributed by atoms with van der Waals surface area (Å²) in [4.78, 5) is 0. The van der Waals surface area contributed by atoms with Crippen molar-refractivity contribution in [2.45, 2.75) is 26.4 Å². The van der Waals surface area contributed by atoms with Gasteiger partial charge in [0.2, 0.25) is 0 Å². The van der Waals surface area contributed by atoms with Gasteiger partial charge >= 0.3 is 6.18 Å². The molecule has 0 heterocycles. The number of alkyl halides is 3. The number of rotatable bonds is 4. The summed E-state index contributed by atoms with van der Waals surface area (Å²) in [5.74, 6) is 0.317. The SMILES string of the molecule is CCC(C)CNCC(F)(F)F. The van der Waals surface area contributed by atoms with Crippen LogP contribution in [0.2, 0.25) is 0 Å². The lowest BCUT2D eigenvalue weighted by Crippen LogP contribution is -2.31. The van der Waals surface area contributed by atoms with Crippen LogP contribution >= 0.6 is 0 Å². The zero-order valence-electron chi connectivity index (χ0n) is 6.83. The highest BCUT2D eigenvalue weighted by molar-refractivity contribution is 4.58. The van der Waals surface area contributed by atoms with E-state index >= 15 is 0 Å². The second-order valence-electron chi connectivity index (χ2n) is 2.76. The van der Waals surface area contributed by atoms with E-state index in [-0.39, 0.29) is 0 Å². The molecule has 0 spiro atoms. The van der Waals surface area contributed by atoms with Crippen LogP contribution in [-0.2, 0) is 0 Å². The Bertz CT molecular complexity index is 100. The van der Waals surface area contributed by atoms with E-state index in [9.17, 15) is 13.2 Å². The second-order valence-corrected chi connectivity index (χ2v) is 2.76. The van der Waals surface area contributed by atoms with E-state index in [0.29, 0.717) is 12.5 Å². The van der Waals surface area contributed by atoms with E-state index in [1.165, 1.54) is 0 Å². The maximum absolute atomic E-state index is 11.5. The van der Waals surface area contributed by atoms with E-state index in [2.05, 4.69) is 5.32 Å². The smallest absolute Gasteiger partial charge is 0.308 e. The van der Waals surface area contributed by atoms with Crippen molar-refractivity contribution in [2.75, 3.05) is 13.1 Å². The number of hydrogen-bond acceptors (Lipinski definition) is 1. The van der Waals surface area contributed by atoms with Crippen LogP contribution in [0.15, 0.2) is 0 Å². The Morgan fingerprint density at radius 3 is 2.27 bits per heavy atom. The summed E-state index contributed by atoms with van der Waals surface area (Å²) in [6.07, 6.45) is -3.17. The Labute approximate surface area is 65.0 Å². The van der Waals surface area contributed by atoms with Gasteiger partial charge in [0.1, 0.15) is 0 Å². The van der Waals surface area contributed by atoms with Crippen molar-refractivity contribution in [3.8, 4) is 0 Å². The molecule has 68 valence electrons. The molecule has 0 fully saturated rings. The van der Waals surface area contributed by atoms with Gasteiger partial charge in [0, 0.05) is 0 Å². The third-order valence-electron chi connectivity index (χ3n) is 1.52. The van der Waals surface area contributed by atoms with Gasteiger partial charge in [0.05, 0.1) is 6.54 Å². The van der Waals surface area contributed by atoms with Crippen molar-refractivity contribution in [2.24, 2.45) is 5.92 Å². The molecule has 1 atom stereocenters. The molecule has 4 heteroatoms. The quantitative estimate of drug-likeness (QED) is 0.680. The average molecular weight is 169 g/mol. The van der Waals surface area contributed by atoms with Crippen LogP contribution in [0, 0.1) is 5.92 Å². The maximum atomic E-state index is 11.5. The Hall–Kier alpha value is -0.250. The fraction of sp³-hybridized carbons (Fsp3) is 1.00. The van der Waals surface area contributed by atoms with Crippen LogP contribution in [0.25, 0.3) is 0 Å². The molecular weight excluding hydrogens is 155 g/mol. The van der Waals surface area contributed by atoms with Crippen molar-refractivity contribution in [1.82, 2.24) is 5.32 Å². The molecular formula is C7H14F3N. The van der Waals surface area contributed by atoms with Gasteiger partial charge in [0.25, 0.3) is 0 Å². The van der Waals surface area contributed by atoms with Gasteiger partial charge in [-0.15, -0.1) is 0 Å². The number of nitrogens with one attached hydrogen (secondary N) is 1. The summed E-state index contributed by atoms with van der Waals surface area (Å²) in [6, 6.07) is 0. The van der Waals surface area contributed by atoms with E-state index in [0.717, 1.165) is 6.42 Å². The molecule has 0 aromatic heterocycles. The molecule has 11 heavy (non-hydrogen) atoms. The maximum Gasteiger partial charge on any atom is 0.401 e. The summed E-state index contributed by atoms with van der Waals surface area (Å²) >= 11 is 0. The van der Waals surface area contributed by atoms with Crippen LogP contribution in [0.1, 0.15) is 20.3 Å². The lowest BCUT2D eigenvalue weighted by atomic mass is 10.1. The fourth-order valence-corrected chi connectivity index (χ4v) is 0.605. The van der Waals surface area contributed by atoms with Crippen LogP contribution in [0.4, 0.5) is 13.2 Å². The summed E-state index contributed by atoms with van der Waals surface area (Å²) in [5, 5.41) is 2.35. The predicted molar refractivity (Wildman–Crippen MR) is 38.4 cm³/mol. The van der Waals surface area contributed by atoms with Crippen molar-refractivity contribution in [3.63, 3.8) is 0 Å². The molecule has 0 rings (SSSR count). The predicted octanol–water partition coefficient (Wildman–Crippen LogP) is 2.18. The average Bonchev–Trinajstić information content (AvgIpc) is 1.85. The van der Waals surface area contributed by atoms with Gasteiger partial charge in [-0.05, 0) is 12.5 Å². The molecule has 0 aliphatic carbocycles. The standard InChI is InChI=1S/C7H14F3N/c1-3-6(2)4-11-5-7(8,9)10/h6,11H,3-5H2,1-2H3. The Morgan fingerprint density at radius 1 is 1.36 bits per heavy atom. The normalized spacial score (nSPS) is 15.0. The highest BCUT2D eigenvalue weighted by Gasteiger charge is 2.26. The van der Waals surface area contributed by atoms with Crippen molar-refractivity contribution in [1.29, 1.82) is 0 Å². The topological polar surface area (TPSA) is 12.0 Å². The van der Waals surface area contributed by atoms with E-state index < -0.39 is 12.7 Å². The van der Waals surface area contributed by atoms with Crippen molar-refractivity contribution < 1.29 is 13.2 Å². The Morgan fingerprint density at radius 2 is 1.91 bits per heavy atom. The lowest BCUT2D eigenvalue weighted by Gasteiger charge is -2.11. The third-order valence-corrected chi connectivity index (χ3v) is 1.52. The summed E-state index contributed by atoms with van der Waals surface area (Å²) < 4.78 is 34.6. The number of hydrogen-bond donors (Lipinski definition) is 1. The summed E-state index contributed by atoms with van der Waals surface area (Å²) in [6.45, 7) is 3.44. The molecule has 0 aromatic rings. The monoisotopic (exact) mass is 169 g/mol. The molecule has 0 aliphatic heterocycles. The van der Waals surface area contributed by atoms with Crippen molar-refractivity contribution >= 4 is 0 Å². The summed E-state index contributed by atoms with van der Waals surface area (Å²) in [5.41, 5.74) is 0. The van der Waals surface area contributed by atoms with Gasteiger partial charge in [-0.25, -0.2) is 0 Å². The first-order valence-corrected chi connectivity index (χ1v) is 3.73. The highest BCUT2D eigenvalue weighted by atomic mass is 19.4. The minimum Gasteiger partial charge on any atom is -0.308 e. The second kappa shape index (κ2) is 4.59. The molecule has 0 bridgehead atoms. The van der Waals surface area contributed by atoms with E-state index in [1.807, 2.05) is 13.8 Å². The first-order valence-electron chi connectivity index (χ1n) is 3.73. The molecule has 0 saturated carbocycles. The molecule has 0 aromatic carbocycles. The third kappa shape index (κ3) is 7.65. The molecule has 1 unspecified atom stereocenters. The molecule has 0 saturated heterocycles. The Balaban J connectivity index is 3.28. The van der Waals surface area contributed by atoms with Crippen molar-refractivity contribution in [3.05, 3.63) is 0 Å². The highest BCUT2D eigenvalue weighted by Crippen LogP contribution is 2.12. The van der Waals surface area contributed by atoms with E-state index in [4.69, 9.17) is 0 Å². The van der Waals surface area contributed by atoms with Gasteiger partial charge < -0.3 is 5.32 Å². The number of halogens is 3. The van der Waals surface area contributed by atoms with Gasteiger partial charge in [-0.1, -0.05) is 20.3 Å². The molecule has 1 nitrogen and oxygen atoms in total. The minimum absolute atomic E-state index is 0.317. The molecule has 0 radical (unpaired) electrons. The lowest BCUT2D eigenvalue weighted by molar-refractivity contribution is -0.125. The van der Waals surface area contributed by atoms with Crippen LogP contribution in [-0.4, -0.2) is 19.3 Å². The fourth-order valence-electron chi connectivity index (χ4n) is 0.605. The zero-order valence-corrected chi connectivity index (χ0v) is 6.83. The Kier molecular flexibility index (Phi) is 4.49. The molecule has 1 N–H and O–H groups in total.